The largest absolute Gasteiger partial charge is 0.496 e. The van der Waals surface area contributed by atoms with Crippen molar-refractivity contribution in [1.82, 2.24) is 0 Å². The molecule has 0 aliphatic heterocycles. The Kier molecular flexibility index (Phi) is 6.09. The van der Waals surface area contributed by atoms with Crippen LogP contribution >= 0.6 is 0 Å². The maximum atomic E-state index is 14.6. The number of ether oxygens (including phenoxy) is 1. The third kappa shape index (κ3) is 4.22. The van der Waals surface area contributed by atoms with E-state index in [1.165, 1.54) is 18.2 Å². The van der Waals surface area contributed by atoms with Crippen molar-refractivity contribution in [2.24, 2.45) is 0 Å². The highest BCUT2D eigenvalue weighted by Crippen LogP contribution is 2.42. The lowest BCUT2D eigenvalue weighted by Gasteiger charge is -2.18. The van der Waals surface area contributed by atoms with E-state index < -0.39 is 72.5 Å². The average molecular weight is 479 g/mol. The number of anilines is 1. The van der Waals surface area contributed by atoms with Crippen LogP contribution < -0.4 is 9.46 Å². The molecule has 3 rings (SSSR count). The zero-order valence-electron chi connectivity index (χ0n) is 15.9. The number of nitrogens with one attached hydrogen (secondary N) is 1. The van der Waals surface area contributed by atoms with Crippen LogP contribution in [0.1, 0.15) is 5.56 Å². The van der Waals surface area contributed by atoms with Crippen molar-refractivity contribution in [3.8, 4) is 16.9 Å². The molecule has 0 heterocycles. The summed E-state index contributed by atoms with van der Waals surface area (Å²) in [5.41, 5.74) is -4.87. The second-order valence-corrected chi connectivity index (χ2v) is 8.02. The Hall–Kier alpha value is -3.28. The van der Waals surface area contributed by atoms with Crippen LogP contribution in [0.15, 0.2) is 53.4 Å². The number of alkyl halides is 3. The van der Waals surface area contributed by atoms with Gasteiger partial charge >= 0.3 is 6.18 Å². The predicted octanol–water partition coefficient (Wildman–Crippen LogP) is 5.74. The van der Waals surface area contributed by atoms with E-state index in [2.05, 4.69) is 4.74 Å². The normalized spacial score (nSPS) is 12.0. The van der Waals surface area contributed by atoms with Crippen LogP contribution in [0.4, 0.5) is 36.4 Å². The molecule has 4 nitrogen and oxygen atoms in total. The van der Waals surface area contributed by atoms with Gasteiger partial charge in [-0.3, -0.25) is 4.72 Å². The van der Waals surface area contributed by atoms with Crippen molar-refractivity contribution in [1.29, 1.82) is 0 Å². The maximum Gasteiger partial charge on any atom is 0.419 e. The van der Waals surface area contributed by atoms with E-state index in [9.17, 15) is 39.2 Å². The van der Waals surface area contributed by atoms with E-state index in [1.54, 1.807) is 4.72 Å². The molecule has 170 valence electrons. The van der Waals surface area contributed by atoms with Gasteiger partial charge in [0.15, 0.2) is 23.3 Å². The van der Waals surface area contributed by atoms with E-state index in [-0.39, 0.29) is 0 Å². The van der Waals surface area contributed by atoms with Crippen LogP contribution in [0.2, 0.25) is 0 Å². The molecule has 1 N–H and O–H groups in total. The SMILES string of the molecule is COc1ccc(-c2c(F)c(F)c(F)c(F)c2NS(=O)(=O)c2ccccc2)cc1C(F)(F)F. The number of hydrogen-bond donors (Lipinski definition) is 1. The lowest BCUT2D eigenvalue weighted by Crippen LogP contribution is -2.17. The molecule has 0 unspecified atom stereocenters. The van der Waals surface area contributed by atoms with E-state index >= 15 is 0 Å². The first kappa shape index (κ1) is 23.4. The van der Waals surface area contributed by atoms with Crippen LogP contribution in [0.3, 0.4) is 0 Å². The number of benzene rings is 3. The summed E-state index contributed by atoms with van der Waals surface area (Å²) in [4.78, 5) is -0.443. The highest BCUT2D eigenvalue weighted by molar-refractivity contribution is 7.92. The van der Waals surface area contributed by atoms with Crippen LogP contribution in [0.5, 0.6) is 5.75 Å². The molecule has 0 amide bonds. The highest BCUT2D eigenvalue weighted by atomic mass is 32.2. The number of rotatable bonds is 5. The molecule has 0 radical (unpaired) electrons. The molecule has 0 saturated carbocycles. The Morgan fingerprint density at radius 2 is 1.44 bits per heavy atom. The van der Waals surface area contributed by atoms with Crippen molar-refractivity contribution in [3.05, 3.63) is 77.4 Å². The summed E-state index contributed by atoms with van der Waals surface area (Å²) >= 11 is 0. The van der Waals surface area contributed by atoms with Crippen LogP contribution in [-0.4, -0.2) is 15.5 Å². The molecule has 0 atom stereocenters. The zero-order valence-corrected chi connectivity index (χ0v) is 16.7. The monoisotopic (exact) mass is 479 g/mol. The standard InChI is InChI=1S/C20H12F7NO3S/c1-31-13-8-7-10(9-12(13)20(25,26)27)14-15(21)16(22)17(23)18(24)19(14)28-32(29,30)11-5-3-2-4-6-11/h2-9,28H,1H3. The smallest absolute Gasteiger partial charge is 0.419 e. The van der Waals surface area contributed by atoms with E-state index in [0.29, 0.717) is 6.07 Å². The van der Waals surface area contributed by atoms with Gasteiger partial charge in [0, 0.05) is 5.56 Å². The third-order valence-corrected chi connectivity index (χ3v) is 5.72. The van der Waals surface area contributed by atoms with Crippen molar-refractivity contribution in [2.45, 2.75) is 11.1 Å². The lowest BCUT2D eigenvalue weighted by atomic mass is 9.99. The van der Waals surface area contributed by atoms with Crippen LogP contribution in [0.25, 0.3) is 11.1 Å². The third-order valence-electron chi connectivity index (χ3n) is 4.35. The fraction of sp³-hybridized carbons (Fsp3) is 0.100. The number of halogens is 7. The van der Waals surface area contributed by atoms with Gasteiger partial charge in [-0.2, -0.15) is 13.2 Å². The molecular formula is C20H12F7NO3S. The minimum atomic E-state index is -5.02. The molecule has 0 aliphatic rings. The first-order valence-corrected chi connectivity index (χ1v) is 10.1. The zero-order chi connectivity index (χ0) is 23.8. The quantitative estimate of drug-likeness (QED) is 0.289. The Morgan fingerprint density at radius 1 is 0.844 bits per heavy atom. The fourth-order valence-electron chi connectivity index (χ4n) is 2.88. The molecule has 0 aliphatic carbocycles. The molecule has 12 heteroatoms. The van der Waals surface area contributed by atoms with Gasteiger partial charge in [-0.05, 0) is 29.8 Å². The minimum absolute atomic E-state index is 0.300. The first-order chi connectivity index (χ1) is 14.9. The van der Waals surface area contributed by atoms with Gasteiger partial charge in [-0.1, -0.05) is 24.3 Å². The molecule has 0 aromatic heterocycles. The summed E-state index contributed by atoms with van der Waals surface area (Å²) in [5, 5.41) is 0. The summed E-state index contributed by atoms with van der Waals surface area (Å²) in [6.07, 6.45) is -5.02. The second kappa shape index (κ2) is 8.34. The highest BCUT2D eigenvalue weighted by Gasteiger charge is 2.36. The molecule has 0 saturated heterocycles. The van der Waals surface area contributed by atoms with E-state index in [1.807, 2.05) is 0 Å². The van der Waals surface area contributed by atoms with Gasteiger partial charge in [0.05, 0.1) is 23.3 Å². The summed E-state index contributed by atoms with van der Waals surface area (Å²) in [7, 11) is -3.72. The van der Waals surface area contributed by atoms with E-state index in [0.717, 1.165) is 31.4 Å². The molecule has 0 fully saturated rings. The van der Waals surface area contributed by atoms with Crippen molar-refractivity contribution < 1.29 is 43.9 Å². The van der Waals surface area contributed by atoms with Crippen molar-refractivity contribution in [2.75, 3.05) is 11.8 Å². The Balaban J connectivity index is 2.30. The summed E-state index contributed by atoms with van der Waals surface area (Å²) in [6.45, 7) is 0. The first-order valence-electron chi connectivity index (χ1n) is 8.58. The molecule has 0 spiro atoms. The molecule has 0 bridgehead atoms. The Morgan fingerprint density at radius 3 is 2.00 bits per heavy atom. The van der Waals surface area contributed by atoms with Gasteiger partial charge in [-0.15, -0.1) is 0 Å². The summed E-state index contributed by atoms with van der Waals surface area (Å²) in [5.74, 6) is -9.59. The number of hydrogen-bond acceptors (Lipinski definition) is 3. The van der Waals surface area contributed by atoms with Gasteiger partial charge in [0.25, 0.3) is 10.0 Å². The van der Waals surface area contributed by atoms with E-state index in [4.69, 9.17) is 0 Å². The van der Waals surface area contributed by atoms with Gasteiger partial charge in [0.2, 0.25) is 0 Å². The topological polar surface area (TPSA) is 55.4 Å². The molecule has 3 aromatic carbocycles. The average Bonchev–Trinajstić information content (AvgIpc) is 2.76. The van der Waals surface area contributed by atoms with Crippen molar-refractivity contribution in [3.63, 3.8) is 0 Å². The minimum Gasteiger partial charge on any atom is -0.496 e. The van der Waals surface area contributed by atoms with Crippen LogP contribution in [-0.2, 0) is 16.2 Å². The van der Waals surface area contributed by atoms with Gasteiger partial charge < -0.3 is 4.74 Å². The predicted molar refractivity (Wildman–Crippen MR) is 101 cm³/mol. The molecule has 3 aromatic rings. The maximum absolute atomic E-state index is 14.6. The van der Waals surface area contributed by atoms with Gasteiger partial charge in [-0.25, -0.2) is 26.0 Å². The van der Waals surface area contributed by atoms with Crippen LogP contribution in [0, 0.1) is 23.3 Å². The lowest BCUT2D eigenvalue weighted by molar-refractivity contribution is -0.138. The fourth-order valence-corrected chi connectivity index (χ4v) is 3.97. The second-order valence-electron chi connectivity index (χ2n) is 6.34. The summed E-state index contributed by atoms with van der Waals surface area (Å²) < 4.78 is 128. The van der Waals surface area contributed by atoms with Crippen molar-refractivity contribution >= 4 is 15.7 Å². The molecular weight excluding hydrogens is 467 g/mol. The van der Waals surface area contributed by atoms with Gasteiger partial charge in [0.1, 0.15) is 5.75 Å². The number of sulfonamides is 1. The molecule has 32 heavy (non-hydrogen) atoms. The Bertz CT molecular complexity index is 1280. The number of methoxy groups -OCH3 is 1. The Labute approximate surface area is 177 Å². The summed E-state index contributed by atoms with van der Waals surface area (Å²) in [6, 6.07) is 8.06.